The van der Waals surface area contributed by atoms with Gasteiger partial charge in [0, 0.05) is 31.2 Å². The van der Waals surface area contributed by atoms with Crippen molar-refractivity contribution in [3.05, 3.63) is 0 Å². The topological polar surface area (TPSA) is 20.3 Å². The van der Waals surface area contributed by atoms with Gasteiger partial charge < -0.3 is 4.90 Å². The third-order valence-electron chi connectivity index (χ3n) is 2.89. The van der Waals surface area contributed by atoms with E-state index in [1.54, 1.807) is 0 Å². The quantitative estimate of drug-likeness (QED) is 0.700. The highest BCUT2D eigenvalue weighted by molar-refractivity contribution is 7.98. The van der Waals surface area contributed by atoms with Gasteiger partial charge in [0.25, 0.3) is 0 Å². The number of carbonyl (C=O) groups excluding carboxylic acids is 1. The van der Waals surface area contributed by atoms with Crippen LogP contribution in [-0.2, 0) is 4.79 Å². The van der Waals surface area contributed by atoms with Gasteiger partial charge in [-0.25, -0.2) is 0 Å². The van der Waals surface area contributed by atoms with Crippen LogP contribution in [0.4, 0.5) is 0 Å². The molecule has 1 unspecified atom stereocenters. The summed E-state index contributed by atoms with van der Waals surface area (Å²) >= 11 is 1.87. The van der Waals surface area contributed by atoms with Gasteiger partial charge in [-0.15, -0.1) is 0 Å². The van der Waals surface area contributed by atoms with Crippen LogP contribution in [0.15, 0.2) is 0 Å². The second kappa shape index (κ2) is 6.46. The predicted octanol–water partition coefficient (Wildman–Crippen LogP) is 2.04. The summed E-state index contributed by atoms with van der Waals surface area (Å²) in [4.78, 5) is 13.9. The molecule has 0 N–H and O–H groups in total. The molecule has 0 spiro atoms. The van der Waals surface area contributed by atoms with E-state index in [-0.39, 0.29) is 0 Å². The number of Topliss-reactive ketones (excluding diaryl/α,β-unsaturated/α-hetero) is 1. The van der Waals surface area contributed by atoms with E-state index in [0.717, 1.165) is 38.1 Å². The van der Waals surface area contributed by atoms with Gasteiger partial charge in [-0.05, 0) is 26.1 Å². The minimum Gasteiger partial charge on any atom is -0.305 e. The molecule has 1 aliphatic rings. The second-order valence-electron chi connectivity index (χ2n) is 4.16. The number of nitrogens with zero attached hydrogens (tertiary/aromatic N) is 1. The van der Waals surface area contributed by atoms with E-state index < -0.39 is 0 Å². The molecular weight excluding hydrogens is 194 g/mol. The molecule has 14 heavy (non-hydrogen) atoms. The Morgan fingerprint density at radius 1 is 1.50 bits per heavy atom. The Balaban J connectivity index is 2.23. The van der Waals surface area contributed by atoms with Crippen molar-refractivity contribution in [3.8, 4) is 0 Å². The Labute approximate surface area is 91.4 Å². The maximum atomic E-state index is 11.6. The number of hydrogen-bond donors (Lipinski definition) is 0. The average molecular weight is 215 g/mol. The monoisotopic (exact) mass is 215 g/mol. The van der Waals surface area contributed by atoms with Crippen molar-refractivity contribution < 1.29 is 4.79 Å². The van der Waals surface area contributed by atoms with E-state index in [1.165, 1.54) is 6.42 Å². The first-order valence-electron chi connectivity index (χ1n) is 5.44. The van der Waals surface area contributed by atoms with Gasteiger partial charge in [-0.3, -0.25) is 4.79 Å². The molecule has 0 saturated heterocycles. The Kier molecular flexibility index (Phi) is 5.56. The summed E-state index contributed by atoms with van der Waals surface area (Å²) in [5.74, 6) is 1.99. The summed E-state index contributed by atoms with van der Waals surface area (Å²) in [6, 6.07) is 0. The van der Waals surface area contributed by atoms with Crippen molar-refractivity contribution in [1.82, 2.24) is 4.90 Å². The van der Waals surface area contributed by atoms with E-state index in [2.05, 4.69) is 18.2 Å². The summed E-state index contributed by atoms with van der Waals surface area (Å²) in [5.41, 5.74) is 0. The van der Waals surface area contributed by atoms with Crippen LogP contribution in [0, 0.1) is 5.92 Å². The van der Waals surface area contributed by atoms with Crippen LogP contribution in [-0.4, -0.2) is 42.8 Å². The van der Waals surface area contributed by atoms with Gasteiger partial charge in [-0.1, -0.05) is 6.42 Å². The first kappa shape index (κ1) is 12.1. The van der Waals surface area contributed by atoms with E-state index in [4.69, 9.17) is 0 Å². The smallest absolute Gasteiger partial charge is 0.137 e. The molecule has 1 fully saturated rings. The maximum Gasteiger partial charge on any atom is 0.137 e. The van der Waals surface area contributed by atoms with Crippen molar-refractivity contribution in [3.63, 3.8) is 0 Å². The van der Waals surface area contributed by atoms with Gasteiger partial charge >= 0.3 is 0 Å². The lowest BCUT2D eigenvalue weighted by atomic mass is 9.88. The summed E-state index contributed by atoms with van der Waals surface area (Å²) < 4.78 is 0. The molecular formula is C11H21NOS. The number of hydrogen-bond acceptors (Lipinski definition) is 3. The van der Waals surface area contributed by atoms with Crippen LogP contribution >= 0.6 is 11.8 Å². The molecule has 1 rings (SSSR count). The predicted molar refractivity (Wildman–Crippen MR) is 62.8 cm³/mol. The van der Waals surface area contributed by atoms with Gasteiger partial charge in [0.1, 0.15) is 5.78 Å². The molecule has 1 atom stereocenters. The number of thioether (sulfide) groups is 1. The fraction of sp³-hybridized carbons (Fsp3) is 0.909. The van der Waals surface area contributed by atoms with Crippen molar-refractivity contribution in [1.29, 1.82) is 0 Å². The van der Waals surface area contributed by atoms with Gasteiger partial charge in [-0.2, -0.15) is 11.8 Å². The van der Waals surface area contributed by atoms with Crippen LogP contribution in [0.25, 0.3) is 0 Å². The van der Waals surface area contributed by atoms with E-state index in [9.17, 15) is 4.79 Å². The first-order chi connectivity index (χ1) is 6.74. The van der Waals surface area contributed by atoms with Gasteiger partial charge in [0.2, 0.25) is 0 Å². The molecule has 0 aliphatic heterocycles. The third kappa shape index (κ3) is 4.01. The van der Waals surface area contributed by atoms with Crippen molar-refractivity contribution in [2.24, 2.45) is 5.92 Å². The molecule has 0 heterocycles. The highest BCUT2D eigenvalue weighted by Crippen LogP contribution is 2.21. The lowest BCUT2D eigenvalue weighted by molar-refractivity contribution is -0.125. The van der Waals surface area contributed by atoms with Crippen LogP contribution in [0.3, 0.4) is 0 Å². The summed E-state index contributed by atoms with van der Waals surface area (Å²) in [6.45, 7) is 2.07. The highest BCUT2D eigenvalue weighted by Gasteiger charge is 2.22. The standard InChI is InChI=1S/C11H21NOS/c1-12(7-8-14-2)9-10-5-3-4-6-11(10)13/h10H,3-9H2,1-2H3. The fourth-order valence-electron chi connectivity index (χ4n) is 1.96. The molecule has 1 aliphatic carbocycles. The zero-order valence-corrected chi connectivity index (χ0v) is 10.1. The van der Waals surface area contributed by atoms with Crippen LogP contribution in [0.1, 0.15) is 25.7 Å². The van der Waals surface area contributed by atoms with Crippen LogP contribution in [0.5, 0.6) is 0 Å². The number of carbonyl (C=O) groups is 1. The second-order valence-corrected chi connectivity index (χ2v) is 5.15. The zero-order chi connectivity index (χ0) is 10.4. The Hall–Kier alpha value is -0.0200. The third-order valence-corrected chi connectivity index (χ3v) is 3.48. The van der Waals surface area contributed by atoms with E-state index in [0.29, 0.717) is 11.7 Å². The minimum absolute atomic E-state index is 0.329. The molecule has 2 nitrogen and oxygen atoms in total. The van der Waals surface area contributed by atoms with Crippen molar-refractivity contribution in [2.75, 3.05) is 32.1 Å². The molecule has 0 radical (unpaired) electrons. The number of ketones is 1. The lowest BCUT2D eigenvalue weighted by Crippen LogP contribution is -2.33. The SMILES string of the molecule is CSCCN(C)CC1CCCCC1=O. The number of rotatable bonds is 5. The molecule has 1 saturated carbocycles. The van der Waals surface area contributed by atoms with Crippen molar-refractivity contribution in [2.45, 2.75) is 25.7 Å². The molecule has 3 heteroatoms. The average Bonchev–Trinajstić information content (AvgIpc) is 2.18. The minimum atomic E-state index is 0.329. The summed E-state index contributed by atoms with van der Waals surface area (Å²) in [6.07, 6.45) is 6.42. The largest absolute Gasteiger partial charge is 0.305 e. The molecule has 0 aromatic rings. The van der Waals surface area contributed by atoms with Gasteiger partial charge in [0.15, 0.2) is 0 Å². The van der Waals surface area contributed by atoms with Crippen LogP contribution < -0.4 is 0 Å². The normalized spacial score (nSPS) is 23.1. The highest BCUT2D eigenvalue weighted by atomic mass is 32.2. The Morgan fingerprint density at radius 2 is 2.29 bits per heavy atom. The van der Waals surface area contributed by atoms with Crippen molar-refractivity contribution >= 4 is 17.5 Å². The first-order valence-corrected chi connectivity index (χ1v) is 6.83. The summed E-state index contributed by atoms with van der Waals surface area (Å²) in [7, 11) is 2.12. The lowest BCUT2D eigenvalue weighted by Gasteiger charge is -2.25. The fourth-order valence-corrected chi connectivity index (χ4v) is 2.46. The maximum absolute atomic E-state index is 11.6. The van der Waals surface area contributed by atoms with Crippen LogP contribution in [0.2, 0.25) is 0 Å². The summed E-state index contributed by atoms with van der Waals surface area (Å²) in [5, 5.41) is 0. The Morgan fingerprint density at radius 3 is 2.93 bits per heavy atom. The molecule has 0 bridgehead atoms. The van der Waals surface area contributed by atoms with E-state index in [1.807, 2.05) is 11.8 Å². The van der Waals surface area contributed by atoms with E-state index >= 15 is 0 Å². The molecule has 82 valence electrons. The zero-order valence-electron chi connectivity index (χ0n) is 9.29. The van der Waals surface area contributed by atoms with Gasteiger partial charge in [0.05, 0.1) is 0 Å². The molecule has 0 amide bonds. The molecule has 0 aromatic heterocycles. The molecule has 0 aromatic carbocycles. The Bertz CT molecular complexity index is 184.